The van der Waals surface area contributed by atoms with Crippen molar-refractivity contribution in [1.29, 1.82) is 0 Å². The molecule has 1 fully saturated rings. The smallest absolute Gasteiger partial charge is 0.256 e. The summed E-state index contributed by atoms with van der Waals surface area (Å²) in [5, 5.41) is 0.772. The maximum Gasteiger partial charge on any atom is 0.256 e. The summed E-state index contributed by atoms with van der Waals surface area (Å²) in [6.45, 7) is 5.58. The van der Waals surface area contributed by atoms with E-state index in [0.29, 0.717) is 50.1 Å². The van der Waals surface area contributed by atoms with Crippen LogP contribution in [0.2, 0.25) is 0 Å². The number of fused-ring (bicyclic) bond motifs is 2. The molecule has 3 aromatic rings. The molecule has 35 heavy (non-hydrogen) atoms. The Bertz CT molecular complexity index is 1360. The largest absolute Gasteiger partial charge is 0.339 e. The van der Waals surface area contributed by atoms with Gasteiger partial charge in [0.25, 0.3) is 5.91 Å². The Kier molecular flexibility index (Phi) is 6.32. The van der Waals surface area contributed by atoms with Gasteiger partial charge in [-0.15, -0.1) is 0 Å². The summed E-state index contributed by atoms with van der Waals surface area (Å²) in [4.78, 5) is 41.4. The normalized spacial score (nSPS) is 15.6. The van der Waals surface area contributed by atoms with Gasteiger partial charge in [0.05, 0.1) is 12.1 Å². The molecule has 0 N–H and O–H groups in total. The van der Waals surface area contributed by atoms with Crippen LogP contribution in [0.3, 0.4) is 0 Å². The van der Waals surface area contributed by atoms with Gasteiger partial charge in [-0.05, 0) is 47.9 Å². The highest BCUT2D eigenvalue weighted by atomic mass is 79.9. The van der Waals surface area contributed by atoms with E-state index in [-0.39, 0.29) is 35.9 Å². The molecule has 1 aromatic heterocycles. The second-order valence-corrected chi connectivity index (χ2v) is 10.2. The van der Waals surface area contributed by atoms with Crippen molar-refractivity contribution in [1.82, 2.24) is 14.4 Å². The fourth-order valence-electron chi connectivity index (χ4n) is 5.06. The first-order valence-corrected chi connectivity index (χ1v) is 12.4. The zero-order valence-electron chi connectivity index (χ0n) is 19.2. The van der Waals surface area contributed by atoms with Crippen molar-refractivity contribution in [2.45, 2.75) is 25.9 Å². The third-order valence-corrected chi connectivity index (χ3v) is 7.37. The molecule has 1 saturated heterocycles. The van der Waals surface area contributed by atoms with Crippen molar-refractivity contribution in [2.75, 3.05) is 19.6 Å². The highest BCUT2D eigenvalue weighted by Gasteiger charge is 2.31. The Morgan fingerprint density at radius 3 is 2.71 bits per heavy atom. The van der Waals surface area contributed by atoms with E-state index in [1.807, 2.05) is 28.8 Å². The molecule has 2 aliphatic heterocycles. The predicted molar refractivity (Wildman–Crippen MR) is 134 cm³/mol. The van der Waals surface area contributed by atoms with E-state index in [2.05, 4.69) is 22.5 Å². The maximum absolute atomic E-state index is 14.1. The summed E-state index contributed by atoms with van der Waals surface area (Å²) in [6.07, 6.45) is 3.90. The highest BCUT2D eigenvalue weighted by Crippen LogP contribution is 2.29. The predicted octanol–water partition coefficient (Wildman–Crippen LogP) is 4.35. The van der Waals surface area contributed by atoms with Gasteiger partial charge in [0.2, 0.25) is 5.91 Å². The lowest BCUT2D eigenvalue weighted by Crippen LogP contribution is -2.50. The molecule has 0 bridgehead atoms. The molecule has 2 aliphatic rings. The van der Waals surface area contributed by atoms with Crippen molar-refractivity contribution in [3.05, 3.63) is 82.2 Å². The number of halogens is 2. The van der Waals surface area contributed by atoms with Crippen molar-refractivity contribution >= 4 is 44.4 Å². The van der Waals surface area contributed by atoms with Crippen LogP contribution in [-0.2, 0) is 29.1 Å². The van der Waals surface area contributed by atoms with Crippen LogP contribution in [0.1, 0.15) is 27.9 Å². The molecule has 2 amide bonds. The second-order valence-electron chi connectivity index (χ2n) is 9.24. The number of carbonyl (C=O) groups excluding carboxylic acids is 3. The lowest BCUT2D eigenvalue weighted by atomic mass is 9.94. The number of hydrogen-bond donors (Lipinski definition) is 0. The summed E-state index contributed by atoms with van der Waals surface area (Å²) >= 11 is 3.49. The van der Waals surface area contributed by atoms with Gasteiger partial charge in [-0.3, -0.25) is 14.4 Å². The molecule has 6 nitrogen and oxygen atoms in total. The zero-order chi connectivity index (χ0) is 24.7. The van der Waals surface area contributed by atoms with Crippen LogP contribution in [0, 0.1) is 11.7 Å². The third-order valence-electron chi connectivity index (χ3n) is 6.88. The van der Waals surface area contributed by atoms with Crippen LogP contribution in [-0.4, -0.2) is 51.6 Å². The number of likely N-dealkylation sites (tertiary alicyclic amines) is 1. The molecule has 0 aliphatic carbocycles. The minimum atomic E-state index is -0.225. The molecule has 5 rings (SSSR count). The number of hydrogen-bond acceptors (Lipinski definition) is 3. The van der Waals surface area contributed by atoms with Gasteiger partial charge in [0.15, 0.2) is 5.78 Å². The molecule has 0 radical (unpaired) electrons. The molecule has 3 heterocycles. The number of rotatable bonds is 6. The Morgan fingerprint density at radius 2 is 1.94 bits per heavy atom. The second kappa shape index (κ2) is 9.41. The van der Waals surface area contributed by atoms with Crippen LogP contribution in [0.4, 0.5) is 4.39 Å². The van der Waals surface area contributed by atoms with Gasteiger partial charge in [-0.1, -0.05) is 34.6 Å². The average molecular weight is 538 g/mol. The quantitative estimate of drug-likeness (QED) is 0.439. The van der Waals surface area contributed by atoms with Gasteiger partial charge in [-0.25, -0.2) is 4.39 Å². The molecular weight excluding hydrogens is 513 g/mol. The van der Waals surface area contributed by atoms with E-state index in [4.69, 9.17) is 0 Å². The van der Waals surface area contributed by atoms with Gasteiger partial charge in [0, 0.05) is 60.1 Å². The van der Waals surface area contributed by atoms with Gasteiger partial charge in [-0.2, -0.15) is 0 Å². The SMILES string of the molecule is C=CC(=O)N1CC(CC(=O)Cn2cc(C(=O)N3CCc4c(F)cccc4C3)c3cc(Br)ccc32)C1. The Morgan fingerprint density at radius 1 is 1.14 bits per heavy atom. The fraction of sp³-hybridized carbons (Fsp3) is 0.296. The molecule has 0 atom stereocenters. The van der Waals surface area contributed by atoms with Crippen molar-refractivity contribution in [3.63, 3.8) is 0 Å². The number of aromatic nitrogens is 1. The van der Waals surface area contributed by atoms with Crippen molar-refractivity contribution in [3.8, 4) is 0 Å². The Hall–Kier alpha value is -3.26. The molecule has 0 unspecified atom stereocenters. The van der Waals surface area contributed by atoms with E-state index in [9.17, 15) is 18.8 Å². The molecule has 0 saturated carbocycles. The fourth-order valence-corrected chi connectivity index (χ4v) is 5.42. The van der Waals surface area contributed by atoms with Crippen LogP contribution in [0.15, 0.2) is 59.7 Å². The monoisotopic (exact) mass is 537 g/mol. The summed E-state index contributed by atoms with van der Waals surface area (Å²) in [5.41, 5.74) is 2.84. The number of benzene rings is 2. The van der Waals surface area contributed by atoms with E-state index in [1.54, 1.807) is 22.1 Å². The number of ketones is 1. The summed E-state index contributed by atoms with van der Waals surface area (Å²) < 4.78 is 16.8. The van der Waals surface area contributed by atoms with Gasteiger partial charge >= 0.3 is 0 Å². The van der Waals surface area contributed by atoms with E-state index < -0.39 is 0 Å². The van der Waals surface area contributed by atoms with Crippen molar-refractivity contribution < 1.29 is 18.8 Å². The Labute approximate surface area is 211 Å². The van der Waals surface area contributed by atoms with Crippen LogP contribution in [0.25, 0.3) is 10.9 Å². The molecule has 2 aromatic carbocycles. The minimum Gasteiger partial charge on any atom is -0.339 e. The zero-order valence-corrected chi connectivity index (χ0v) is 20.8. The van der Waals surface area contributed by atoms with Crippen LogP contribution >= 0.6 is 15.9 Å². The van der Waals surface area contributed by atoms with E-state index >= 15 is 0 Å². The molecule has 180 valence electrons. The first-order chi connectivity index (χ1) is 16.8. The highest BCUT2D eigenvalue weighted by molar-refractivity contribution is 9.10. The molecule has 0 spiro atoms. The van der Waals surface area contributed by atoms with Gasteiger partial charge < -0.3 is 14.4 Å². The molecule has 8 heteroatoms. The summed E-state index contributed by atoms with van der Waals surface area (Å²) in [5.74, 6) is -0.259. The van der Waals surface area contributed by atoms with Gasteiger partial charge in [0.1, 0.15) is 5.82 Å². The third kappa shape index (κ3) is 4.55. The van der Waals surface area contributed by atoms with Crippen LogP contribution < -0.4 is 0 Å². The average Bonchev–Trinajstić information content (AvgIpc) is 3.17. The maximum atomic E-state index is 14.1. The lowest BCUT2D eigenvalue weighted by Gasteiger charge is -2.38. The van der Waals surface area contributed by atoms with Crippen LogP contribution in [0.5, 0.6) is 0 Å². The first kappa shape index (κ1) is 23.5. The first-order valence-electron chi connectivity index (χ1n) is 11.6. The number of amides is 2. The standard InChI is InChI=1S/C27H25BrFN3O3/c1-2-26(34)32-12-17(13-32)10-20(33)15-31-16-23(22-11-19(28)6-7-25(22)31)27(35)30-9-8-21-18(14-30)4-3-5-24(21)29/h2-7,11,16-17H,1,8-10,12-15H2. The topological polar surface area (TPSA) is 62.6 Å². The lowest BCUT2D eigenvalue weighted by molar-refractivity contribution is -0.134. The minimum absolute atomic E-state index is 0.0573. The number of Topliss-reactive ketones (excluding diaryl/α,β-unsaturated/α-hetero) is 1. The van der Waals surface area contributed by atoms with Crippen molar-refractivity contribution in [2.24, 2.45) is 5.92 Å². The summed E-state index contributed by atoms with van der Waals surface area (Å²) in [6, 6.07) is 10.7. The number of nitrogens with zero attached hydrogens (tertiary/aromatic N) is 3. The number of carbonyl (C=O) groups is 3. The van der Waals surface area contributed by atoms with E-state index in [1.165, 1.54) is 12.1 Å². The molecular formula is C27H25BrFN3O3. The Balaban J connectivity index is 1.35. The van der Waals surface area contributed by atoms with E-state index in [0.717, 1.165) is 20.9 Å². The summed E-state index contributed by atoms with van der Waals surface area (Å²) in [7, 11) is 0.